The lowest BCUT2D eigenvalue weighted by Gasteiger charge is -2.00. The molecule has 0 unspecified atom stereocenters. The number of H-pyrrole nitrogens is 1. The first-order chi connectivity index (χ1) is 8.16. The van der Waals surface area contributed by atoms with Crippen LogP contribution in [0.1, 0.15) is 0 Å². The van der Waals surface area contributed by atoms with Gasteiger partial charge in [0.1, 0.15) is 5.82 Å². The number of fused-ring (bicyclic) bond motifs is 1. The zero-order valence-electron chi connectivity index (χ0n) is 9.11. The maximum absolute atomic E-state index is 6.01. The third kappa shape index (κ3) is 1.47. The smallest absolute Gasteiger partial charge is 0.158 e. The average molecular weight is 248 g/mol. The molecule has 86 valence electrons. The van der Waals surface area contributed by atoms with Crippen LogP contribution in [0.15, 0.2) is 24.4 Å². The van der Waals surface area contributed by atoms with E-state index in [9.17, 15) is 0 Å². The Morgan fingerprint density at radius 2 is 2.24 bits per heavy atom. The zero-order valence-corrected chi connectivity index (χ0v) is 9.86. The predicted octanol–water partition coefficient (Wildman–Crippen LogP) is 2.20. The van der Waals surface area contributed by atoms with Gasteiger partial charge in [-0.25, -0.2) is 0 Å². The summed E-state index contributed by atoms with van der Waals surface area (Å²) >= 11 is 6.01. The minimum absolute atomic E-state index is 0.509. The summed E-state index contributed by atoms with van der Waals surface area (Å²) in [7, 11) is 1.86. The van der Waals surface area contributed by atoms with Crippen LogP contribution >= 0.6 is 11.6 Å². The molecule has 3 aromatic rings. The minimum atomic E-state index is 0.509. The summed E-state index contributed by atoms with van der Waals surface area (Å²) < 4.78 is 1.75. The van der Waals surface area contributed by atoms with Gasteiger partial charge in [0.15, 0.2) is 5.15 Å². The van der Waals surface area contributed by atoms with Crippen molar-refractivity contribution in [2.75, 3.05) is 5.73 Å². The second kappa shape index (κ2) is 3.49. The lowest BCUT2D eigenvalue weighted by molar-refractivity contribution is 0.797. The number of hydrogen-bond donors (Lipinski definition) is 2. The molecule has 0 aliphatic heterocycles. The molecule has 0 aliphatic carbocycles. The maximum atomic E-state index is 6.01. The molecule has 5 nitrogen and oxygen atoms in total. The van der Waals surface area contributed by atoms with E-state index in [-0.39, 0.29) is 0 Å². The number of benzene rings is 1. The number of aryl methyl sites for hydroxylation is 1. The largest absolute Gasteiger partial charge is 0.384 e. The molecule has 1 aromatic carbocycles. The van der Waals surface area contributed by atoms with Crippen LogP contribution in [-0.2, 0) is 7.05 Å². The fourth-order valence-electron chi connectivity index (χ4n) is 1.91. The van der Waals surface area contributed by atoms with Gasteiger partial charge in [-0.05, 0) is 17.7 Å². The van der Waals surface area contributed by atoms with Crippen molar-refractivity contribution in [2.45, 2.75) is 0 Å². The number of aromatic amines is 1. The van der Waals surface area contributed by atoms with Gasteiger partial charge in [-0.2, -0.15) is 10.2 Å². The second-order valence-corrected chi connectivity index (χ2v) is 4.20. The molecule has 0 radical (unpaired) electrons. The first-order valence-electron chi connectivity index (χ1n) is 5.08. The molecular formula is C11H10ClN5. The monoisotopic (exact) mass is 247 g/mol. The van der Waals surface area contributed by atoms with Gasteiger partial charge in [0.2, 0.25) is 0 Å². The number of nitrogens with zero attached hydrogens (tertiary/aromatic N) is 3. The molecule has 0 atom stereocenters. The number of nitrogens with one attached hydrogen (secondary N) is 1. The normalized spacial score (nSPS) is 11.2. The Morgan fingerprint density at radius 1 is 1.41 bits per heavy atom. The van der Waals surface area contributed by atoms with Crippen LogP contribution in [0, 0.1) is 0 Å². The molecule has 3 rings (SSSR count). The van der Waals surface area contributed by atoms with Gasteiger partial charge in [0.25, 0.3) is 0 Å². The predicted molar refractivity (Wildman–Crippen MR) is 67.7 cm³/mol. The van der Waals surface area contributed by atoms with E-state index in [1.54, 1.807) is 10.9 Å². The third-order valence-electron chi connectivity index (χ3n) is 2.79. The number of rotatable bonds is 1. The van der Waals surface area contributed by atoms with Gasteiger partial charge >= 0.3 is 0 Å². The van der Waals surface area contributed by atoms with Gasteiger partial charge in [0, 0.05) is 18.0 Å². The van der Waals surface area contributed by atoms with Gasteiger partial charge in [-0.1, -0.05) is 17.7 Å². The van der Waals surface area contributed by atoms with Crippen molar-refractivity contribution >= 4 is 28.3 Å². The Balaban J connectivity index is 2.27. The lowest BCUT2D eigenvalue weighted by Crippen LogP contribution is -1.90. The van der Waals surface area contributed by atoms with Crippen molar-refractivity contribution in [3.63, 3.8) is 0 Å². The summed E-state index contributed by atoms with van der Waals surface area (Å²) in [6, 6.07) is 5.89. The van der Waals surface area contributed by atoms with E-state index in [0.29, 0.717) is 11.0 Å². The summed E-state index contributed by atoms with van der Waals surface area (Å²) in [5.74, 6) is 0.553. The number of halogens is 1. The summed E-state index contributed by atoms with van der Waals surface area (Å²) in [5.41, 5.74) is 8.63. The quantitative estimate of drug-likeness (QED) is 0.692. The van der Waals surface area contributed by atoms with E-state index in [1.165, 1.54) is 0 Å². The van der Waals surface area contributed by atoms with Crippen LogP contribution in [0.3, 0.4) is 0 Å². The van der Waals surface area contributed by atoms with E-state index in [2.05, 4.69) is 15.3 Å². The lowest BCUT2D eigenvalue weighted by atomic mass is 10.1. The van der Waals surface area contributed by atoms with Crippen LogP contribution in [0.25, 0.3) is 22.0 Å². The molecular weight excluding hydrogens is 238 g/mol. The van der Waals surface area contributed by atoms with E-state index in [4.69, 9.17) is 17.3 Å². The van der Waals surface area contributed by atoms with Crippen molar-refractivity contribution < 1.29 is 0 Å². The van der Waals surface area contributed by atoms with Crippen LogP contribution in [0.5, 0.6) is 0 Å². The topological polar surface area (TPSA) is 72.5 Å². The molecule has 6 heteroatoms. The SMILES string of the molecule is Cn1nc(Cl)c2ccc(-c3cn[nH]c3N)cc21. The Bertz CT molecular complexity index is 697. The van der Waals surface area contributed by atoms with Crippen molar-refractivity contribution in [2.24, 2.45) is 7.05 Å². The van der Waals surface area contributed by atoms with Crippen molar-refractivity contribution in [1.29, 1.82) is 0 Å². The summed E-state index contributed by atoms with van der Waals surface area (Å²) in [6.07, 6.45) is 1.70. The number of hydrogen-bond acceptors (Lipinski definition) is 3. The first-order valence-corrected chi connectivity index (χ1v) is 5.46. The molecule has 2 aromatic heterocycles. The van der Waals surface area contributed by atoms with E-state index in [0.717, 1.165) is 22.0 Å². The fraction of sp³-hybridized carbons (Fsp3) is 0.0909. The number of anilines is 1. The molecule has 17 heavy (non-hydrogen) atoms. The molecule has 0 saturated carbocycles. The zero-order chi connectivity index (χ0) is 12.0. The molecule has 0 fully saturated rings. The van der Waals surface area contributed by atoms with E-state index >= 15 is 0 Å². The minimum Gasteiger partial charge on any atom is -0.384 e. The first kappa shape index (κ1) is 10.2. The van der Waals surface area contributed by atoms with Crippen LogP contribution in [0.4, 0.5) is 5.82 Å². The number of nitrogens with two attached hydrogens (primary N) is 1. The highest BCUT2D eigenvalue weighted by Crippen LogP contribution is 2.29. The van der Waals surface area contributed by atoms with E-state index < -0.39 is 0 Å². The molecule has 2 heterocycles. The fourth-order valence-corrected chi connectivity index (χ4v) is 2.18. The number of aromatic nitrogens is 4. The average Bonchev–Trinajstić information content (AvgIpc) is 2.84. The highest BCUT2D eigenvalue weighted by atomic mass is 35.5. The van der Waals surface area contributed by atoms with Crippen molar-refractivity contribution in [3.8, 4) is 11.1 Å². The van der Waals surface area contributed by atoms with Crippen molar-refractivity contribution in [3.05, 3.63) is 29.5 Å². The van der Waals surface area contributed by atoms with Gasteiger partial charge < -0.3 is 5.73 Å². The molecule has 3 N–H and O–H groups in total. The van der Waals surface area contributed by atoms with E-state index in [1.807, 2.05) is 25.2 Å². The number of nitrogen functional groups attached to an aromatic ring is 1. The second-order valence-electron chi connectivity index (χ2n) is 3.84. The highest BCUT2D eigenvalue weighted by molar-refractivity contribution is 6.34. The van der Waals surface area contributed by atoms with Crippen LogP contribution in [-0.4, -0.2) is 20.0 Å². The van der Waals surface area contributed by atoms with Gasteiger partial charge in [-0.15, -0.1) is 0 Å². The van der Waals surface area contributed by atoms with Gasteiger partial charge in [-0.3, -0.25) is 9.78 Å². The molecule has 0 spiro atoms. The maximum Gasteiger partial charge on any atom is 0.158 e. The molecule has 0 amide bonds. The van der Waals surface area contributed by atoms with Crippen LogP contribution in [0.2, 0.25) is 5.15 Å². The van der Waals surface area contributed by atoms with Gasteiger partial charge in [0.05, 0.1) is 11.7 Å². The Kier molecular flexibility index (Phi) is 2.09. The standard InChI is InChI=1S/C11H10ClN5/c1-17-9-4-6(8-5-14-15-11(8)13)2-3-7(9)10(12)16-17/h2-5H,1H3,(H3,13,14,15). The summed E-state index contributed by atoms with van der Waals surface area (Å²) in [6.45, 7) is 0. The Morgan fingerprint density at radius 3 is 2.94 bits per heavy atom. The molecule has 0 saturated heterocycles. The van der Waals surface area contributed by atoms with Crippen molar-refractivity contribution in [1.82, 2.24) is 20.0 Å². The summed E-state index contributed by atoms with van der Waals surface area (Å²) in [4.78, 5) is 0. The highest BCUT2D eigenvalue weighted by Gasteiger charge is 2.10. The Labute approximate surface area is 102 Å². The third-order valence-corrected chi connectivity index (χ3v) is 3.07. The van der Waals surface area contributed by atoms with Crippen LogP contribution < -0.4 is 5.73 Å². The molecule has 0 bridgehead atoms. The molecule has 0 aliphatic rings. The Hall–Kier alpha value is -2.01. The summed E-state index contributed by atoms with van der Waals surface area (Å²) in [5, 5.41) is 12.2.